The number of fused-ring (bicyclic) bond motifs is 1. The number of hydrogen-bond donors (Lipinski definition) is 1. The molecule has 3 rings (SSSR count). The van der Waals surface area contributed by atoms with Crippen LogP contribution in [0.15, 0.2) is 36.7 Å². The van der Waals surface area contributed by atoms with Crippen molar-refractivity contribution in [2.45, 2.75) is 26.0 Å². The Labute approximate surface area is 127 Å². The molecular weight excluding hydrogens is 288 g/mol. The maximum atomic E-state index is 10.6. The Balaban J connectivity index is 2.03. The van der Waals surface area contributed by atoms with Gasteiger partial charge in [0.15, 0.2) is 0 Å². The number of aryl methyl sites for hydroxylation is 1. The van der Waals surface area contributed by atoms with E-state index in [0.717, 1.165) is 17.5 Å². The Kier molecular flexibility index (Phi) is 3.86. The zero-order valence-corrected chi connectivity index (χ0v) is 12.3. The van der Waals surface area contributed by atoms with Crippen molar-refractivity contribution in [1.82, 2.24) is 19.7 Å². The summed E-state index contributed by atoms with van der Waals surface area (Å²) >= 11 is 6.15. The fourth-order valence-electron chi connectivity index (χ4n) is 2.28. The Morgan fingerprint density at radius 3 is 2.76 bits per heavy atom. The molecule has 1 aromatic carbocycles. The third-order valence-electron chi connectivity index (χ3n) is 3.27. The minimum atomic E-state index is -0.941. The average molecular weight is 303 g/mol. The van der Waals surface area contributed by atoms with E-state index in [9.17, 15) is 5.11 Å². The second-order valence-corrected chi connectivity index (χ2v) is 5.19. The van der Waals surface area contributed by atoms with Crippen LogP contribution in [0.5, 0.6) is 0 Å². The maximum Gasteiger partial charge on any atom is 0.141 e. The van der Waals surface area contributed by atoms with Crippen LogP contribution < -0.4 is 0 Å². The molecule has 1 atom stereocenters. The molecule has 1 N–H and O–H groups in total. The van der Waals surface area contributed by atoms with Gasteiger partial charge in [-0.3, -0.25) is 9.67 Å². The van der Waals surface area contributed by atoms with Gasteiger partial charge in [-0.05, 0) is 18.6 Å². The van der Waals surface area contributed by atoms with Crippen molar-refractivity contribution in [2.75, 3.05) is 0 Å². The zero-order chi connectivity index (χ0) is 14.8. The lowest BCUT2D eigenvalue weighted by Gasteiger charge is -2.13. The van der Waals surface area contributed by atoms with Gasteiger partial charge in [0.1, 0.15) is 6.10 Å². The van der Waals surface area contributed by atoms with Crippen LogP contribution in [0.3, 0.4) is 0 Å². The molecule has 0 aliphatic carbocycles. The first-order chi connectivity index (χ1) is 10.2. The smallest absolute Gasteiger partial charge is 0.141 e. The monoisotopic (exact) mass is 302 g/mol. The Bertz CT molecular complexity index is 771. The van der Waals surface area contributed by atoms with Crippen LogP contribution in [0.25, 0.3) is 11.0 Å². The minimum Gasteiger partial charge on any atom is -0.380 e. The van der Waals surface area contributed by atoms with E-state index < -0.39 is 6.10 Å². The van der Waals surface area contributed by atoms with Gasteiger partial charge in [0.05, 0.1) is 39.8 Å². The molecule has 0 aliphatic heterocycles. The molecular formula is C15H15ClN4O. The van der Waals surface area contributed by atoms with E-state index in [4.69, 9.17) is 11.6 Å². The fourth-order valence-corrected chi connectivity index (χ4v) is 2.52. The molecule has 1 unspecified atom stereocenters. The molecule has 2 aromatic heterocycles. The van der Waals surface area contributed by atoms with Gasteiger partial charge in [0.25, 0.3) is 0 Å². The van der Waals surface area contributed by atoms with Crippen molar-refractivity contribution in [1.29, 1.82) is 0 Å². The topological polar surface area (TPSA) is 63.8 Å². The lowest BCUT2D eigenvalue weighted by atomic mass is 10.2. The van der Waals surface area contributed by atoms with Gasteiger partial charge < -0.3 is 5.11 Å². The standard InChI is InChI=1S/C15H15ClN4O/c1-2-7-20-14(10(16)8-18-20)15(21)13-9-17-11-5-3-4-6-12(11)19-13/h3-6,8-9,15,21H,2,7H2,1H3. The van der Waals surface area contributed by atoms with Crippen molar-refractivity contribution < 1.29 is 5.11 Å². The molecule has 108 valence electrons. The van der Waals surface area contributed by atoms with Gasteiger partial charge in [0, 0.05) is 6.54 Å². The number of nitrogens with zero attached hydrogens (tertiary/aromatic N) is 4. The molecule has 5 nitrogen and oxygen atoms in total. The van der Waals surface area contributed by atoms with Crippen molar-refractivity contribution in [3.63, 3.8) is 0 Å². The summed E-state index contributed by atoms with van der Waals surface area (Å²) in [6.07, 6.45) is 3.08. The molecule has 0 radical (unpaired) electrons. The van der Waals surface area contributed by atoms with E-state index in [1.54, 1.807) is 17.1 Å². The van der Waals surface area contributed by atoms with E-state index in [2.05, 4.69) is 15.1 Å². The predicted octanol–water partition coefficient (Wildman–Crippen LogP) is 2.97. The van der Waals surface area contributed by atoms with Crippen LogP contribution in [-0.4, -0.2) is 24.9 Å². The average Bonchev–Trinajstić information content (AvgIpc) is 2.87. The predicted molar refractivity (Wildman–Crippen MR) is 81.1 cm³/mol. The van der Waals surface area contributed by atoms with Crippen molar-refractivity contribution in [3.8, 4) is 0 Å². The van der Waals surface area contributed by atoms with Crippen molar-refractivity contribution in [3.05, 3.63) is 53.1 Å². The molecule has 0 amide bonds. The van der Waals surface area contributed by atoms with E-state index in [1.165, 1.54) is 0 Å². The van der Waals surface area contributed by atoms with Crippen LogP contribution in [0.2, 0.25) is 5.02 Å². The van der Waals surface area contributed by atoms with Gasteiger partial charge in [0.2, 0.25) is 0 Å². The molecule has 2 heterocycles. The fraction of sp³-hybridized carbons (Fsp3) is 0.267. The molecule has 6 heteroatoms. The number of rotatable bonds is 4. The van der Waals surface area contributed by atoms with Crippen molar-refractivity contribution >= 4 is 22.6 Å². The largest absolute Gasteiger partial charge is 0.380 e. The molecule has 0 saturated carbocycles. The van der Waals surface area contributed by atoms with Gasteiger partial charge >= 0.3 is 0 Å². The molecule has 0 saturated heterocycles. The van der Waals surface area contributed by atoms with Gasteiger partial charge in [-0.1, -0.05) is 30.7 Å². The van der Waals surface area contributed by atoms with E-state index >= 15 is 0 Å². The van der Waals surface area contributed by atoms with E-state index in [1.807, 2.05) is 31.2 Å². The summed E-state index contributed by atoms with van der Waals surface area (Å²) in [7, 11) is 0. The second kappa shape index (κ2) is 5.79. The van der Waals surface area contributed by atoms with Crippen LogP contribution in [0, 0.1) is 0 Å². The summed E-state index contributed by atoms with van der Waals surface area (Å²) in [6, 6.07) is 7.54. The van der Waals surface area contributed by atoms with Gasteiger partial charge in [-0.2, -0.15) is 5.10 Å². The first-order valence-electron chi connectivity index (χ1n) is 6.81. The molecule has 3 aromatic rings. The third kappa shape index (κ3) is 2.62. The number of hydrogen-bond acceptors (Lipinski definition) is 4. The molecule has 0 bridgehead atoms. The van der Waals surface area contributed by atoms with E-state index in [-0.39, 0.29) is 0 Å². The quantitative estimate of drug-likeness (QED) is 0.805. The number of aromatic nitrogens is 4. The zero-order valence-electron chi connectivity index (χ0n) is 11.6. The summed E-state index contributed by atoms with van der Waals surface area (Å²) in [5.74, 6) is 0. The van der Waals surface area contributed by atoms with Gasteiger partial charge in [-0.25, -0.2) is 4.98 Å². The molecule has 0 aliphatic rings. The van der Waals surface area contributed by atoms with Crippen LogP contribution in [0.4, 0.5) is 0 Å². The van der Waals surface area contributed by atoms with Crippen LogP contribution in [-0.2, 0) is 6.54 Å². The SMILES string of the molecule is CCCn1ncc(Cl)c1C(O)c1cnc2ccccc2n1. The Morgan fingerprint density at radius 2 is 2.00 bits per heavy atom. The number of benzene rings is 1. The number of halogens is 1. The summed E-state index contributed by atoms with van der Waals surface area (Å²) in [4.78, 5) is 8.78. The highest BCUT2D eigenvalue weighted by Crippen LogP contribution is 2.27. The van der Waals surface area contributed by atoms with Crippen molar-refractivity contribution in [2.24, 2.45) is 0 Å². The molecule has 0 fully saturated rings. The second-order valence-electron chi connectivity index (χ2n) is 4.79. The Hall–Kier alpha value is -1.98. The summed E-state index contributed by atoms with van der Waals surface area (Å²) in [5.41, 5.74) is 2.56. The summed E-state index contributed by atoms with van der Waals surface area (Å²) in [5, 5.41) is 15.2. The lowest BCUT2D eigenvalue weighted by molar-refractivity contribution is 0.202. The Morgan fingerprint density at radius 1 is 1.24 bits per heavy atom. The first-order valence-corrected chi connectivity index (χ1v) is 7.19. The first kappa shape index (κ1) is 14.0. The van der Waals surface area contributed by atoms with E-state index in [0.29, 0.717) is 23.0 Å². The lowest BCUT2D eigenvalue weighted by Crippen LogP contribution is -2.12. The highest BCUT2D eigenvalue weighted by molar-refractivity contribution is 6.31. The van der Waals surface area contributed by atoms with Gasteiger partial charge in [-0.15, -0.1) is 0 Å². The highest BCUT2D eigenvalue weighted by atomic mass is 35.5. The van der Waals surface area contributed by atoms with Crippen LogP contribution >= 0.6 is 11.6 Å². The maximum absolute atomic E-state index is 10.6. The number of aliphatic hydroxyl groups is 1. The highest BCUT2D eigenvalue weighted by Gasteiger charge is 2.21. The summed E-state index contributed by atoms with van der Waals surface area (Å²) < 4.78 is 1.71. The van der Waals surface area contributed by atoms with Crippen LogP contribution in [0.1, 0.15) is 30.8 Å². The number of aliphatic hydroxyl groups excluding tert-OH is 1. The number of para-hydroxylation sites is 2. The third-order valence-corrected chi connectivity index (χ3v) is 3.57. The molecule has 21 heavy (non-hydrogen) atoms. The summed E-state index contributed by atoms with van der Waals surface area (Å²) in [6.45, 7) is 2.74. The molecule has 0 spiro atoms. The normalized spacial score (nSPS) is 12.7. The minimum absolute atomic E-state index is 0.436.